The number of rotatable bonds is 15. The number of carbonyl (C=O) groups excluding carboxylic acids is 2. The van der Waals surface area contributed by atoms with Crippen LogP contribution in [-0.4, -0.2) is 55.7 Å². The Morgan fingerprint density at radius 1 is 0.951 bits per heavy atom. The second-order valence-electron chi connectivity index (χ2n) is 10.3. The molecule has 8 heteroatoms. The molecule has 3 aromatic rings. The number of benzene rings is 3. The first-order chi connectivity index (χ1) is 19.7. The van der Waals surface area contributed by atoms with Crippen LogP contribution in [0, 0.1) is 6.92 Å². The van der Waals surface area contributed by atoms with E-state index in [0.717, 1.165) is 39.8 Å². The Bertz CT molecular complexity index is 1290. The van der Waals surface area contributed by atoms with E-state index < -0.39 is 18.1 Å². The van der Waals surface area contributed by atoms with Crippen molar-refractivity contribution in [1.29, 1.82) is 0 Å². The Kier molecular flexibility index (Phi) is 12.8. The summed E-state index contributed by atoms with van der Waals surface area (Å²) < 4.78 is 12.3. The van der Waals surface area contributed by atoms with Gasteiger partial charge in [0, 0.05) is 42.3 Å². The van der Waals surface area contributed by atoms with Gasteiger partial charge >= 0.3 is 5.97 Å². The summed E-state index contributed by atoms with van der Waals surface area (Å²) in [6.07, 6.45) is 1.65. The van der Waals surface area contributed by atoms with Gasteiger partial charge in [-0.25, -0.2) is 4.79 Å². The van der Waals surface area contributed by atoms with Crippen molar-refractivity contribution >= 4 is 27.8 Å². The maximum absolute atomic E-state index is 13.5. The fraction of sp³-hybridized carbons (Fsp3) is 0.394. The van der Waals surface area contributed by atoms with Crippen molar-refractivity contribution in [2.75, 3.05) is 26.7 Å². The number of esters is 1. The van der Waals surface area contributed by atoms with Gasteiger partial charge in [0.1, 0.15) is 11.9 Å². The summed E-state index contributed by atoms with van der Waals surface area (Å²) in [5.41, 5.74) is 10.4. The van der Waals surface area contributed by atoms with Crippen molar-refractivity contribution in [2.24, 2.45) is 5.73 Å². The average Bonchev–Trinajstić information content (AvgIpc) is 2.95. The van der Waals surface area contributed by atoms with E-state index in [-0.39, 0.29) is 5.91 Å². The maximum atomic E-state index is 13.5. The third kappa shape index (κ3) is 9.99. The summed E-state index contributed by atoms with van der Waals surface area (Å²) >= 11 is 3.51. The third-order valence-corrected chi connectivity index (χ3v) is 7.23. The van der Waals surface area contributed by atoms with E-state index in [1.54, 1.807) is 19.2 Å². The van der Waals surface area contributed by atoms with E-state index >= 15 is 0 Å². The van der Waals surface area contributed by atoms with Crippen LogP contribution in [0.25, 0.3) is 0 Å². The lowest BCUT2D eigenvalue weighted by molar-refractivity contribution is 0.0238. The molecule has 0 unspecified atom stereocenters. The van der Waals surface area contributed by atoms with Gasteiger partial charge in [0.05, 0.1) is 12.7 Å². The minimum atomic E-state index is -0.608. The summed E-state index contributed by atoms with van der Waals surface area (Å²) in [5.74, 6) is 0.201. The molecule has 3 N–H and O–H groups in total. The molecule has 0 heterocycles. The van der Waals surface area contributed by atoms with Gasteiger partial charge < -0.3 is 25.4 Å². The first-order valence-corrected chi connectivity index (χ1v) is 15.0. The number of carbonyl (C=O) groups is 2. The van der Waals surface area contributed by atoms with E-state index in [4.69, 9.17) is 15.2 Å². The quantitative estimate of drug-likeness (QED) is 0.204. The van der Waals surface area contributed by atoms with Crippen LogP contribution in [0.5, 0.6) is 5.75 Å². The Balaban J connectivity index is 1.79. The molecule has 0 saturated carbocycles. The van der Waals surface area contributed by atoms with Crippen LogP contribution in [0.2, 0.25) is 0 Å². The molecule has 2 atom stereocenters. The predicted molar refractivity (Wildman–Crippen MR) is 167 cm³/mol. The number of methoxy groups -OCH3 is 1. The lowest BCUT2D eigenvalue weighted by atomic mass is 10.0. The van der Waals surface area contributed by atoms with Gasteiger partial charge in [-0.15, -0.1) is 0 Å². The lowest BCUT2D eigenvalue weighted by Crippen LogP contribution is -2.46. The van der Waals surface area contributed by atoms with E-state index in [1.165, 1.54) is 0 Å². The molecule has 7 nitrogen and oxygen atoms in total. The number of nitrogens with zero attached hydrogens (tertiary/aromatic N) is 1. The van der Waals surface area contributed by atoms with Crippen LogP contribution < -0.4 is 15.8 Å². The zero-order valence-electron chi connectivity index (χ0n) is 24.5. The summed E-state index contributed by atoms with van der Waals surface area (Å²) in [5, 5.41) is 3.39. The van der Waals surface area contributed by atoms with Gasteiger partial charge in [-0.2, -0.15) is 0 Å². The summed E-state index contributed by atoms with van der Waals surface area (Å²) in [6, 6.07) is 20.5. The van der Waals surface area contributed by atoms with Crippen molar-refractivity contribution in [2.45, 2.75) is 58.7 Å². The van der Waals surface area contributed by atoms with Crippen LogP contribution in [0.3, 0.4) is 0 Å². The van der Waals surface area contributed by atoms with Crippen LogP contribution in [-0.2, 0) is 17.7 Å². The Hall–Kier alpha value is -3.20. The molecule has 0 aromatic heterocycles. The number of nitrogens with two attached hydrogens (primary N) is 1. The van der Waals surface area contributed by atoms with Crippen LogP contribution in [0.15, 0.2) is 71.2 Å². The SMILES string of the molecule is CCCN(CCC)C(=O)c1cc(C)cc(C(=O)O[C@H](CNCc2cccc(OC)c2)[C@@H](N)Cc2cccc(Br)c2)c1. The number of ether oxygens (including phenoxy) is 2. The van der Waals surface area contributed by atoms with Gasteiger partial charge in [0.15, 0.2) is 0 Å². The standard InChI is InChI=1S/C33H42BrN3O4/c1-5-13-37(14-6-2)32(38)26-15-23(3)16-27(20-26)33(39)41-31(30(35)19-24-9-7-11-28(34)17-24)22-36-21-25-10-8-12-29(18-25)40-4/h7-12,15-18,20,30-31,36H,5-6,13-14,19,21-22,35H2,1-4H3/t30-,31+/m0/s1. The molecule has 0 aliphatic rings. The fourth-order valence-electron chi connectivity index (χ4n) is 4.76. The first-order valence-electron chi connectivity index (χ1n) is 14.2. The molecule has 0 saturated heterocycles. The smallest absolute Gasteiger partial charge is 0.338 e. The minimum Gasteiger partial charge on any atom is -0.497 e. The molecule has 0 radical (unpaired) electrons. The molecule has 0 aliphatic carbocycles. The van der Waals surface area contributed by atoms with Crippen LogP contribution in [0.4, 0.5) is 0 Å². The minimum absolute atomic E-state index is 0.0747. The molecule has 3 aromatic carbocycles. The summed E-state index contributed by atoms with van der Waals surface area (Å²) in [7, 11) is 1.64. The number of halogens is 1. The molecule has 0 spiro atoms. The predicted octanol–water partition coefficient (Wildman–Crippen LogP) is 5.91. The zero-order chi connectivity index (χ0) is 29.8. The molecule has 0 bridgehead atoms. The highest BCUT2D eigenvalue weighted by Gasteiger charge is 2.25. The van der Waals surface area contributed by atoms with Crippen molar-refractivity contribution in [3.63, 3.8) is 0 Å². The Morgan fingerprint density at radius 3 is 2.32 bits per heavy atom. The van der Waals surface area contributed by atoms with Crippen LogP contribution >= 0.6 is 15.9 Å². The number of hydrogen-bond donors (Lipinski definition) is 2. The van der Waals surface area contributed by atoms with Crippen LogP contribution in [0.1, 0.15) is 64.1 Å². The van der Waals surface area contributed by atoms with Gasteiger partial charge in [-0.3, -0.25) is 4.79 Å². The highest BCUT2D eigenvalue weighted by molar-refractivity contribution is 9.10. The lowest BCUT2D eigenvalue weighted by Gasteiger charge is -2.25. The Labute approximate surface area is 252 Å². The van der Waals surface area contributed by atoms with Gasteiger partial charge in [0.25, 0.3) is 5.91 Å². The molecule has 0 fully saturated rings. The van der Waals surface area contributed by atoms with E-state index in [2.05, 4.69) is 35.1 Å². The monoisotopic (exact) mass is 623 g/mol. The number of aryl methyl sites for hydroxylation is 1. The van der Waals surface area contributed by atoms with Crippen molar-refractivity contribution < 1.29 is 19.1 Å². The molecule has 3 rings (SSSR count). The van der Waals surface area contributed by atoms with Gasteiger partial charge in [-0.05, 0) is 85.3 Å². The maximum Gasteiger partial charge on any atom is 0.338 e. The Morgan fingerprint density at radius 2 is 1.63 bits per heavy atom. The number of nitrogens with one attached hydrogen (secondary N) is 1. The fourth-order valence-corrected chi connectivity index (χ4v) is 5.20. The first kappa shape index (κ1) is 32.3. The average molecular weight is 625 g/mol. The summed E-state index contributed by atoms with van der Waals surface area (Å²) in [4.78, 5) is 28.6. The zero-order valence-corrected chi connectivity index (χ0v) is 26.1. The number of hydrogen-bond acceptors (Lipinski definition) is 6. The van der Waals surface area contributed by atoms with E-state index in [1.807, 2.05) is 66.4 Å². The third-order valence-electron chi connectivity index (χ3n) is 6.74. The molecule has 0 aliphatic heterocycles. The van der Waals surface area contributed by atoms with Gasteiger partial charge in [-0.1, -0.05) is 54.0 Å². The largest absolute Gasteiger partial charge is 0.497 e. The molecule has 1 amide bonds. The van der Waals surface area contributed by atoms with Gasteiger partial charge in [0.2, 0.25) is 0 Å². The molecule has 41 heavy (non-hydrogen) atoms. The molecule has 220 valence electrons. The molecular weight excluding hydrogens is 582 g/mol. The highest BCUT2D eigenvalue weighted by Crippen LogP contribution is 2.18. The van der Waals surface area contributed by atoms with E-state index in [0.29, 0.717) is 43.7 Å². The second kappa shape index (κ2) is 16.3. The topological polar surface area (TPSA) is 93.9 Å². The van der Waals surface area contributed by atoms with Crippen molar-refractivity contribution in [3.8, 4) is 5.75 Å². The second-order valence-corrected chi connectivity index (χ2v) is 11.2. The van der Waals surface area contributed by atoms with E-state index in [9.17, 15) is 9.59 Å². The molecular formula is C33H42BrN3O4. The highest BCUT2D eigenvalue weighted by atomic mass is 79.9. The normalized spacial score (nSPS) is 12.4. The van der Waals surface area contributed by atoms with Crippen molar-refractivity contribution in [1.82, 2.24) is 10.2 Å². The number of amides is 1. The van der Waals surface area contributed by atoms with Crippen molar-refractivity contribution in [3.05, 3.63) is 99.0 Å². The summed E-state index contributed by atoms with van der Waals surface area (Å²) in [6.45, 7) is 8.24.